The number of hydrogen-bond donors (Lipinski definition) is 1. The minimum absolute atomic E-state index is 0.0415. The SMILES string of the molecule is COCC(N)Cc1cc(OC)c(F)cc1[N+](=O)[O-]. The largest absolute Gasteiger partial charge is 0.494 e. The summed E-state index contributed by atoms with van der Waals surface area (Å²) in [7, 11) is 2.78. The Balaban J connectivity index is 3.10. The minimum Gasteiger partial charge on any atom is -0.494 e. The van der Waals surface area contributed by atoms with Gasteiger partial charge in [0, 0.05) is 18.7 Å². The van der Waals surface area contributed by atoms with Gasteiger partial charge < -0.3 is 15.2 Å². The van der Waals surface area contributed by atoms with Gasteiger partial charge in [0.2, 0.25) is 0 Å². The zero-order valence-corrected chi connectivity index (χ0v) is 10.2. The fourth-order valence-corrected chi connectivity index (χ4v) is 1.63. The van der Waals surface area contributed by atoms with Crippen molar-refractivity contribution >= 4 is 5.69 Å². The second-order valence-electron chi connectivity index (χ2n) is 3.79. The van der Waals surface area contributed by atoms with Crippen molar-refractivity contribution in [3.63, 3.8) is 0 Å². The number of halogens is 1. The molecule has 0 heterocycles. The topological polar surface area (TPSA) is 87.6 Å². The van der Waals surface area contributed by atoms with Crippen LogP contribution in [0.25, 0.3) is 0 Å². The fourth-order valence-electron chi connectivity index (χ4n) is 1.63. The highest BCUT2D eigenvalue weighted by Crippen LogP contribution is 2.28. The minimum atomic E-state index is -0.770. The van der Waals surface area contributed by atoms with Gasteiger partial charge >= 0.3 is 0 Å². The Kier molecular flexibility index (Phi) is 4.99. The Morgan fingerprint density at radius 1 is 1.50 bits per heavy atom. The lowest BCUT2D eigenvalue weighted by Crippen LogP contribution is -2.28. The van der Waals surface area contributed by atoms with Gasteiger partial charge in [-0.3, -0.25) is 10.1 Å². The van der Waals surface area contributed by atoms with Crippen LogP contribution in [-0.2, 0) is 11.2 Å². The van der Waals surface area contributed by atoms with Crippen LogP contribution >= 0.6 is 0 Å². The van der Waals surface area contributed by atoms with Gasteiger partial charge in [-0.25, -0.2) is 4.39 Å². The maximum atomic E-state index is 13.4. The van der Waals surface area contributed by atoms with Gasteiger partial charge in [-0.15, -0.1) is 0 Å². The van der Waals surface area contributed by atoms with Crippen molar-refractivity contribution in [3.05, 3.63) is 33.6 Å². The zero-order valence-electron chi connectivity index (χ0n) is 10.2. The van der Waals surface area contributed by atoms with E-state index in [4.69, 9.17) is 15.2 Å². The maximum absolute atomic E-state index is 13.4. The smallest absolute Gasteiger partial charge is 0.275 e. The number of benzene rings is 1. The predicted octanol–water partition coefficient (Wildman–Crippen LogP) is 1.26. The van der Waals surface area contributed by atoms with Crippen LogP contribution in [0.4, 0.5) is 10.1 Å². The average Bonchev–Trinajstić information content (AvgIpc) is 2.30. The van der Waals surface area contributed by atoms with Crippen molar-refractivity contribution < 1.29 is 18.8 Å². The summed E-state index contributed by atoms with van der Waals surface area (Å²) >= 11 is 0. The first kappa shape index (κ1) is 14.3. The summed E-state index contributed by atoms with van der Waals surface area (Å²) < 4.78 is 23.0. The highest BCUT2D eigenvalue weighted by Gasteiger charge is 2.20. The first-order valence-electron chi connectivity index (χ1n) is 5.25. The van der Waals surface area contributed by atoms with E-state index in [1.54, 1.807) is 0 Å². The first-order valence-corrected chi connectivity index (χ1v) is 5.25. The molecule has 0 amide bonds. The molecule has 1 unspecified atom stereocenters. The standard InChI is InChI=1S/C11H15FN2O4/c1-17-6-8(13)3-7-4-11(18-2)9(12)5-10(7)14(15)16/h4-5,8H,3,6,13H2,1-2H3. The molecule has 0 saturated heterocycles. The summed E-state index contributed by atoms with van der Waals surface area (Å²) in [5.74, 6) is -0.812. The molecule has 1 aromatic rings. The van der Waals surface area contributed by atoms with E-state index < -0.39 is 16.8 Å². The van der Waals surface area contributed by atoms with Crippen LogP contribution < -0.4 is 10.5 Å². The summed E-state index contributed by atoms with van der Waals surface area (Å²) in [6.45, 7) is 0.261. The second-order valence-corrected chi connectivity index (χ2v) is 3.79. The molecular formula is C11H15FN2O4. The number of nitrogens with two attached hydrogens (primary N) is 1. The molecule has 0 aliphatic rings. The lowest BCUT2D eigenvalue weighted by atomic mass is 10.0. The molecule has 2 N–H and O–H groups in total. The number of hydrogen-bond acceptors (Lipinski definition) is 5. The average molecular weight is 258 g/mol. The van der Waals surface area contributed by atoms with Crippen LogP contribution in [0.15, 0.2) is 12.1 Å². The molecule has 1 rings (SSSR count). The molecule has 0 spiro atoms. The lowest BCUT2D eigenvalue weighted by molar-refractivity contribution is -0.385. The Morgan fingerprint density at radius 3 is 2.67 bits per heavy atom. The Bertz CT molecular complexity index is 439. The lowest BCUT2D eigenvalue weighted by Gasteiger charge is -2.12. The number of rotatable bonds is 6. The van der Waals surface area contributed by atoms with Gasteiger partial charge in [-0.05, 0) is 12.5 Å². The molecule has 0 aliphatic carbocycles. The number of nitro benzene ring substituents is 1. The third-order valence-corrected chi connectivity index (χ3v) is 2.41. The Hall–Kier alpha value is -1.73. The molecule has 6 nitrogen and oxygen atoms in total. The molecule has 1 aromatic carbocycles. The van der Waals surface area contributed by atoms with Gasteiger partial charge in [0.25, 0.3) is 5.69 Å². The Morgan fingerprint density at radius 2 is 2.17 bits per heavy atom. The molecule has 18 heavy (non-hydrogen) atoms. The molecule has 0 fully saturated rings. The van der Waals surface area contributed by atoms with E-state index in [0.717, 1.165) is 6.07 Å². The van der Waals surface area contributed by atoms with Crippen molar-refractivity contribution in [3.8, 4) is 5.75 Å². The molecule has 100 valence electrons. The van der Waals surface area contributed by atoms with E-state index in [2.05, 4.69) is 0 Å². The molecule has 0 saturated carbocycles. The van der Waals surface area contributed by atoms with E-state index in [0.29, 0.717) is 5.56 Å². The van der Waals surface area contributed by atoms with Gasteiger partial charge in [0.1, 0.15) is 0 Å². The molecular weight excluding hydrogens is 243 g/mol. The van der Waals surface area contributed by atoms with Crippen LogP contribution in [-0.4, -0.2) is 31.8 Å². The third kappa shape index (κ3) is 3.38. The van der Waals surface area contributed by atoms with E-state index in [-0.39, 0.29) is 24.5 Å². The second kappa shape index (κ2) is 6.27. The summed E-state index contributed by atoms with van der Waals surface area (Å²) in [4.78, 5) is 10.2. The van der Waals surface area contributed by atoms with Crippen molar-refractivity contribution in [2.75, 3.05) is 20.8 Å². The summed E-state index contributed by atoms with van der Waals surface area (Å²) in [6.07, 6.45) is 0.209. The fraction of sp³-hybridized carbons (Fsp3) is 0.455. The number of nitrogens with zero attached hydrogens (tertiary/aromatic N) is 1. The predicted molar refractivity (Wildman–Crippen MR) is 63.2 cm³/mol. The zero-order chi connectivity index (χ0) is 13.7. The van der Waals surface area contributed by atoms with Gasteiger partial charge in [-0.1, -0.05) is 0 Å². The number of ether oxygens (including phenoxy) is 2. The van der Waals surface area contributed by atoms with Gasteiger partial charge in [-0.2, -0.15) is 0 Å². The molecule has 7 heteroatoms. The van der Waals surface area contributed by atoms with Crippen LogP contribution in [0.2, 0.25) is 0 Å². The first-order chi connectivity index (χ1) is 8.49. The Labute approximate surface area is 104 Å². The normalized spacial score (nSPS) is 12.2. The van der Waals surface area contributed by atoms with Crippen molar-refractivity contribution in [1.29, 1.82) is 0 Å². The molecule has 0 bridgehead atoms. The van der Waals surface area contributed by atoms with Crippen LogP contribution in [0.1, 0.15) is 5.56 Å². The third-order valence-electron chi connectivity index (χ3n) is 2.41. The number of nitro groups is 1. The van der Waals surface area contributed by atoms with Crippen molar-refractivity contribution in [2.24, 2.45) is 5.73 Å². The summed E-state index contributed by atoms with van der Waals surface area (Å²) in [6, 6.07) is 1.74. The summed E-state index contributed by atoms with van der Waals surface area (Å²) in [5, 5.41) is 10.8. The monoisotopic (exact) mass is 258 g/mol. The van der Waals surface area contributed by atoms with Gasteiger partial charge in [0.05, 0.1) is 24.7 Å². The molecule has 1 atom stereocenters. The highest BCUT2D eigenvalue weighted by atomic mass is 19.1. The molecule has 0 aromatic heterocycles. The van der Waals surface area contributed by atoms with Gasteiger partial charge in [0.15, 0.2) is 11.6 Å². The number of methoxy groups -OCH3 is 2. The maximum Gasteiger partial charge on any atom is 0.275 e. The highest BCUT2D eigenvalue weighted by molar-refractivity contribution is 5.46. The van der Waals surface area contributed by atoms with E-state index in [1.807, 2.05) is 0 Å². The van der Waals surface area contributed by atoms with Crippen LogP contribution in [0.5, 0.6) is 5.75 Å². The van der Waals surface area contributed by atoms with Crippen LogP contribution in [0.3, 0.4) is 0 Å². The molecule has 0 aliphatic heterocycles. The quantitative estimate of drug-likeness (QED) is 0.613. The van der Waals surface area contributed by atoms with E-state index in [1.165, 1.54) is 20.3 Å². The summed E-state index contributed by atoms with van der Waals surface area (Å²) in [5.41, 5.74) is 5.75. The van der Waals surface area contributed by atoms with Crippen molar-refractivity contribution in [1.82, 2.24) is 0 Å². The van der Waals surface area contributed by atoms with E-state index >= 15 is 0 Å². The van der Waals surface area contributed by atoms with Crippen molar-refractivity contribution in [2.45, 2.75) is 12.5 Å². The van der Waals surface area contributed by atoms with E-state index in [9.17, 15) is 14.5 Å². The molecule has 0 radical (unpaired) electrons. The van der Waals surface area contributed by atoms with Crippen LogP contribution in [0, 0.1) is 15.9 Å².